The Hall–Kier alpha value is -0.250. The number of carbonyl (C=O) groups is 1. The van der Waals surface area contributed by atoms with Crippen LogP contribution in [0.4, 0.5) is 4.79 Å². The van der Waals surface area contributed by atoms with Crippen LogP contribution in [-0.4, -0.2) is 45.7 Å². The number of rotatable bonds is 7. The van der Waals surface area contributed by atoms with E-state index >= 15 is 0 Å². The fourth-order valence-corrected chi connectivity index (χ4v) is 4.17. The summed E-state index contributed by atoms with van der Waals surface area (Å²) >= 11 is 9.93. The monoisotopic (exact) mass is 353 g/mol. The van der Waals surface area contributed by atoms with E-state index in [1.165, 1.54) is 11.3 Å². The molecule has 0 aliphatic rings. The Morgan fingerprint density at radius 2 is 2.20 bits per heavy atom. The van der Waals surface area contributed by atoms with E-state index in [4.69, 9.17) is 17.0 Å². The van der Waals surface area contributed by atoms with E-state index in [2.05, 4.69) is 15.5 Å². The van der Waals surface area contributed by atoms with E-state index in [0.29, 0.717) is 10.5 Å². The lowest BCUT2D eigenvalue weighted by atomic mass is 10.2. The number of aromatic amines is 1. The van der Waals surface area contributed by atoms with Crippen molar-refractivity contribution < 1.29 is 9.53 Å². The second-order valence-corrected chi connectivity index (χ2v) is 9.00. The summed E-state index contributed by atoms with van der Waals surface area (Å²) in [5.74, 6) is 2.86. The van der Waals surface area contributed by atoms with Gasteiger partial charge in [-0.2, -0.15) is 16.9 Å². The molecule has 0 saturated carbocycles. The average molecular weight is 354 g/mol. The highest BCUT2D eigenvalue weighted by Gasteiger charge is 2.15. The van der Waals surface area contributed by atoms with Crippen LogP contribution in [0.1, 0.15) is 20.8 Å². The van der Waals surface area contributed by atoms with Gasteiger partial charge in [0.25, 0.3) is 0 Å². The number of hydrogen-bond donors (Lipinski definition) is 2. The lowest BCUT2D eigenvalue weighted by Gasteiger charge is -2.19. The summed E-state index contributed by atoms with van der Waals surface area (Å²) in [6, 6.07) is 0. The molecule has 0 spiro atoms. The average Bonchev–Trinajstić information content (AvgIpc) is 2.71. The van der Waals surface area contributed by atoms with Crippen molar-refractivity contribution in [3.8, 4) is 0 Å². The van der Waals surface area contributed by atoms with Crippen molar-refractivity contribution in [2.75, 3.05) is 23.8 Å². The summed E-state index contributed by atoms with van der Waals surface area (Å²) in [6.45, 7) is 6.17. The van der Waals surface area contributed by atoms with Gasteiger partial charge in [0.05, 0.1) is 0 Å². The van der Waals surface area contributed by atoms with Crippen LogP contribution in [0.3, 0.4) is 0 Å². The van der Waals surface area contributed by atoms with Gasteiger partial charge in [-0.25, -0.2) is 4.79 Å². The molecule has 20 heavy (non-hydrogen) atoms. The van der Waals surface area contributed by atoms with Gasteiger partial charge in [-0.05, 0) is 33.0 Å². The summed E-state index contributed by atoms with van der Waals surface area (Å²) in [4.78, 5) is 11.4. The molecule has 0 unspecified atom stereocenters. The van der Waals surface area contributed by atoms with Crippen LogP contribution in [0.5, 0.6) is 0 Å². The smallest absolute Gasteiger partial charge is 0.407 e. The number of thioether (sulfide) groups is 2. The van der Waals surface area contributed by atoms with Gasteiger partial charge >= 0.3 is 6.09 Å². The van der Waals surface area contributed by atoms with E-state index in [0.717, 1.165) is 21.6 Å². The predicted octanol–water partition coefficient (Wildman–Crippen LogP) is 3.55. The molecule has 2 N–H and O–H groups in total. The number of carbonyl (C=O) groups excluding carboxylic acids is 1. The Bertz CT molecular complexity index is 467. The molecule has 0 radical (unpaired) electrons. The van der Waals surface area contributed by atoms with Gasteiger partial charge in [0.2, 0.25) is 0 Å². The first kappa shape index (κ1) is 17.8. The van der Waals surface area contributed by atoms with Crippen molar-refractivity contribution in [2.45, 2.75) is 30.7 Å². The topological polar surface area (TPSA) is 67.0 Å². The molecule has 0 bridgehead atoms. The highest BCUT2D eigenvalue weighted by molar-refractivity contribution is 8.03. The fraction of sp³-hybridized carbons (Fsp3) is 0.727. The molecule has 0 aliphatic heterocycles. The van der Waals surface area contributed by atoms with Gasteiger partial charge in [-0.15, -0.1) is 0 Å². The van der Waals surface area contributed by atoms with E-state index in [1.54, 1.807) is 23.5 Å². The Morgan fingerprint density at radius 3 is 2.80 bits per heavy atom. The lowest BCUT2D eigenvalue weighted by Crippen LogP contribution is -2.33. The molecule has 0 aliphatic carbocycles. The lowest BCUT2D eigenvalue weighted by molar-refractivity contribution is 0.0531. The number of aromatic nitrogens is 2. The number of amides is 1. The Labute approximate surface area is 136 Å². The van der Waals surface area contributed by atoms with Gasteiger partial charge in [0.15, 0.2) is 8.29 Å². The maximum absolute atomic E-state index is 11.4. The number of nitrogens with zero attached hydrogens (tertiary/aromatic N) is 1. The van der Waals surface area contributed by atoms with Crippen molar-refractivity contribution in [2.24, 2.45) is 0 Å². The summed E-state index contributed by atoms with van der Waals surface area (Å²) < 4.78 is 6.83. The number of nitrogens with one attached hydrogen (secondary N) is 2. The van der Waals surface area contributed by atoms with E-state index in [1.807, 2.05) is 20.8 Å². The summed E-state index contributed by atoms with van der Waals surface area (Å²) in [5.41, 5.74) is -0.442. The third-order valence-corrected chi connectivity index (χ3v) is 5.26. The summed E-state index contributed by atoms with van der Waals surface area (Å²) in [7, 11) is 0. The third kappa shape index (κ3) is 8.83. The van der Waals surface area contributed by atoms with Gasteiger partial charge in [-0.1, -0.05) is 23.1 Å². The molecule has 1 heterocycles. The largest absolute Gasteiger partial charge is 0.444 e. The van der Waals surface area contributed by atoms with Crippen molar-refractivity contribution in [1.29, 1.82) is 0 Å². The van der Waals surface area contributed by atoms with Crippen molar-refractivity contribution in [3.63, 3.8) is 0 Å². The maximum atomic E-state index is 11.4. The molecule has 9 heteroatoms. The van der Waals surface area contributed by atoms with Crippen molar-refractivity contribution in [1.82, 2.24) is 15.5 Å². The Kier molecular flexibility index (Phi) is 7.93. The van der Waals surface area contributed by atoms with Crippen LogP contribution in [0.2, 0.25) is 0 Å². The molecule has 1 amide bonds. The van der Waals surface area contributed by atoms with Crippen LogP contribution >= 0.6 is 47.1 Å². The zero-order valence-corrected chi connectivity index (χ0v) is 15.0. The standard InChI is InChI=1S/C11H19N3O2S4/c1-11(2,3)16-8(15)12-4-5-18-6-7-19-10-14-13-9(17)20-10/h4-7H2,1-3H3,(H,12,15)(H,13,17). The summed E-state index contributed by atoms with van der Waals surface area (Å²) in [5, 5.41) is 9.56. The zero-order valence-electron chi connectivity index (χ0n) is 11.7. The van der Waals surface area contributed by atoms with Crippen LogP contribution in [0, 0.1) is 3.95 Å². The number of alkyl carbamates (subject to hydrolysis) is 1. The second-order valence-electron chi connectivity index (χ2n) is 4.77. The van der Waals surface area contributed by atoms with Crippen LogP contribution in [0.25, 0.3) is 0 Å². The number of hydrogen-bond acceptors (Lipinski definition) is 7. The molecule has 0 aromatic carbocycles. The maximum Gasteiger partial charge on any atom is 0.407 e. The van der Waals surface area contributed by atoms with Crippen molar-refractivity contribution >= 4 is 53.2 Å². The molecule has 0 saturated heterocycles. The molecule has 0 atom stereocenters. The van der Waals surface area contributed by atoms with Gasteiger partial charge in [0, 0.05) is 23.8 Å². The molecule has 5 nitrogen and oxygen atoms in total. The molecular weight excluding hydrogens is 334 g/mol. The van der Waals surface area contributed by atoms with Crippen LogP contribution in [-0.2, 0) is 4.74 Å². The van der Waals surface area contributed by atoms with Gasteiger partial charge in [-0.3, -0.25) is 5.10 Å². The minimum atomic E-state index is -0.442. The molecule has 0 fully saturated rings. The SMILES string of the molecule is CC(C)(C)OC(=O)NCCSCCSc1n[nH]c(=S)s1. The predicted molar refractivity (Wildman–Crippen MR) is 89.6 cm³/mol. The van der Waals surface area contributed by atoms with E-state index < -0.39 is 5.60 Å². The van der Waals surface area contributed by atoms with Crippen molar-refractivity contribution in [3.05, 3.63) is 3.95 Å². The molecule has 114 valence electrons. The first-order chi connectivity index (χ1) is 9.37. The molecule has 1 aromatic rings. The minimum Gasteiger partial charge on any atom is -0.444 e. The fourth-order valence-electron chi connectivity index (χ4n) is 1.11. The van der Waals surface area contributed by atoms with Gasteiger partial charge < -0.3 is 10.1 Å². The van der Waals surface area contributed by atoms with Crippen LogP contribution < -0.4 is 5.32 Å². The first-order valence-corrected chi connectivity index (χ1v) is 9.46. The molecular formula is C11H19N3O2S4. The van der Waals surface area contributed by atoms with Crippen LogP contribution in [0.15, 0.2) is 4.34 Å². The highest BCUT2D eigenvalue weighted by Crippen LogP contribution is 2.21. The second kappa shape index (κ2) is 8.91. The Balaban J connectivity index is 1.97. The molecule has 1 rings (SSSR count). The minimum absolute atomic E-state index is 0.358. The normalized spacial score (nSPS) is 11.3. The van der Waals surface area contributed by atoms with E-state index in [-0.39, 0.29) is 6.09 Å². The van der Waals surface area contributed by atoms with E-state index in [9.17, 15) is 4.79 Å². The number of H-pyrrole nitrogens is 1. The quantitative estimate of drug-likeness (QED) is 0.444. The third-order valence-electron chi connectivity index (χ3n) is 1.79. The number of ether oxygens (including phenoxy) is 1. The highest BCUT2D eigenvalue weighted by atomic mass is 32.2. The zero-order chi connectivity index (χ0) is 15.0. The Morgan fingerprint density at radius 1 is 1.45 bits per heavy atom. The van der Waals surface area contributed by atoms with Gasteiger partial charge in [0.1, 0.15) is 5.60 Å². The summed E-state index contributed by atoms with van der Waals surface area (Å²) in [6.07, 6.45) is -0.358. The first-order valence-electron chi connectivity index (χ1n) is 6.10. The molecule has 1 aromatic heterocycles.